The van der Waals surface area contributed by atoms with Crippen molar-refractivity contribution < 1.29 is 18.1 Å². The molecule has 2 aliphatic rings. The number of nitro groups is 1. The molecule has 2 N–H and O–H groups in total. The number of anilines is 2. The second-order valence-corrected chi connectivity index (χ2v) is 17.0. The van der Waals surface area contributed by atoms with Crippen LogP contribution in [-0.4, -0.2) is 62.1 Å². The summed E-state index contributed by atoms with van der Waals surface area (Å²) >= 11 is 1.60. The van der Waals surface area contributed by atoms with Crippen LogP contribution in [0, 0.1) is 10.1 Å². The Morgan fingerprint density at radius 2 is 1.62 bits per heavy atom. The van der Waals surface area contributed by atoms with E-state index in [0.717, 1.165) is 61.2 Å². The van der Waals surface area contributed by atoms with Crippen molar-refractivity contribution in [3.63, 3.8) is 0 Å². The minimum Gasteiger partial charge on any atom is -0.379 e. The lowest BCUT2D eigenvalue weighted by atomic mass is 9.92. The average molecular weight is 784 g/mol. The molecule has 1 fully saturated rings. The maximum atomic E-state index is 13.3. The summed E-state index contributed by atoms with van der Waals surface area (Å²) in [7, 11) is -4.40. The van der Waals surface area contributed by atoms with Gasteiger partial charge in [0.15, 0.2) is 0 Å². The summed E-state index contributed by atoms with van der Waals surface area (Å²) in [6.07, 6.45) is 1.67. The molecule has 6 aromatic rings. The molecule has 56 heavy (non-hydrogen) atoms. The molecule has 0 saturated carbocycles. The Balaban J connectivity index is 0.900. The molecule has 284 valence electrons. The van der Waals surface area contributed by atoms with Gasteiger partial charge in [-0.3, -0.25) is 19.8 Å². The zero-order valence-electron chi connectivity index (χ0n) is 30.6. The first kappa shape index (κ1) is 37.2. The first-order valence-electron chi connectivity index (χ1n) is 18.7. The highest BCUT2D eigenvalue weighted by Crippen LogP contribution is 2.35. The topological polar surface area (TPSA) is 125 Å². The summed E-state index contributed by atoms with van der Waals surface area (Å²) in [6.45, 7) is 3.92. The van der Waals surface area contributed by atoms with Gasteiger partial charge in [0.2, 0.25) is 0 Å². The highest BCUT2D eigenvalue weighted by molar-refractivity contribution is 7.99. The Morgan fingerprint density at radius 1 is 0.839 bits per heavy atom. The molecule has 0 spiro atoms. The fraction of sp³-hybridized carbons (Fsp3) is 0.205. The summed E-state index contributed by atoms with van der Waals surface area (Å²) in [5, 5.41) is 17.4. The molecule has 12 heteroatoms. The Hall–Kier alpha value is -5.69. The van der Waals surface area contributed by atoms with Gasteiger partial charge in [0.25, 0.3) is 21.6 Å². The minimum atomic E-state index is -4.40. The number of nitrogens with zero attached hydrogens (tertiary/aromatic N) is 3. The first-order valence-corrected chi connectivity index (χ1v) is 21.1. The van der Waals surface area contributed by atoms with Gasteiger partial charge in [0.1, 0.15) is 5.69 Å². The molecule has 8 rings (SSSR count). The van der Waals surface area contributed by atoms with Gasteiger partial charge in [-0.15, -0.1) is 11.8 Å². The monoisotopic (exact) mass is 783 g/mol. The van der Waals surface area contributed by atoms with E-state index in [0.29, 0.717) is 18.3 Å². The van der Waals surface area contributed by atoms with Gasteiger partial charge in [0, 0.05) is 66.7 Å². The van der Waals surface area contributed by atoms with E-state index in [1.54, 1.807) is 23.9 Å². The van der Waals surface area contributed by atoms with Crippen LogP contribution in [0.2, 0.25) is 0 Å². The van der Waals surface area contributed by atoms with Gasteiger partial charge in [-0.1, -0.05) is 78.9 Å². The molecule has 2 aliphatic heterocycles. The van der Waals surface area contributed by atoms with Gasteiger partial charge >= 0.3 is 0 Å². The van der Waals surface area contributed by atoms with Crippen LogP contribution in [0.5, 0.6) is 0 Å². The van der Waals surface area contributed by atoms with Crippen molar-refractivity contribution in [1.29, 1.82) is 0 Å². The van der Waals surface area contributed by atoms with E-state index in [2.05, 4.69) is 86.6 Å². The smallest absolute Gasteiger partial charge is 0.293 e. The zero-order valence-corrected chi connectivity index (χ0v) is 32.3. The van der Waals surface area contributed by atoms with E-state index in [1.807, 2.05) is 36.4 Å². The van der Waals surface area contributed by atoms with Crippen LogP contribution in [0.25, 0.3) is 21.9 Å². The highest BCUT2D eigenvalue weighted by atomic mass is 32.2. The highest BCUT2D eigenvalue weighted by Gasteiger charge is 2.33. The van der Waals surface area contributed by atoms with Crippen molar-refractivity contribution in [2.75, 3.05) is 42.1 Å². The largest absolute Gasteiger partial charge is 0.379 e. The number of piperazine rings is 1. The number of sulfonamides is 1. The molecule has 1 saturated heterocycles. The third kappa shape index (κ3) is 8.13. The van der Waals surface area contributed by atoms with Crippen LogP contribution in [0.1, 0.15) is 27.9 Å². The summed E-state index contributed by atoms with van der Waals surface area (Å²) in [5.41, 5.74) is 5.87. The van der Waals surface area contributed by atoms with Gasteiger partial charge < -0.3 is 10.2 Å². The van der Waals surface area contributed by atoms with Crippen molar-refractivity contribution in [1.82, 2.24) is 9.62 Å². The Kier molecular flexibility index (Phi) is 10.8. The summed E-state index contributed by atoms with van der Waals surface area (Å²) in [4.78, 5) is 30.3. The summed E-state index contributed by atoms with van der Waals surface area (Å²) < 4.78 is 28.8. The number of carbonyl (C=O) groups excluding carboxylic acids is 1. The number of nitrogens with one attached hydrogen (secondary N) is 2. The van der Waals surface area contributed by atoms with Crippen LogP contribution < -0.4 is 14.9 Å². The van der Waals surface area contributed by atoms with E-state index in [4.69, 9.17) is 0 Å². The predicted molar refractivity (Wildman–Crippen MR) is 224 cm³/mol. The fourth-order valence-corrected chi connectivity index (χ4v) is 9.57. The van der Waals surface area contributed by atoms with Crippen LogP contribution in [0.15, 0.2) is 143 Å². The SMILES string of the molecule is O=C(NS(=O)(=O)c1ccc(NCCSc2ccccc2)c([N+](=O)[O-])c1)c1ccc2c(c1)CC[C@@H]1CN(Cc3ccccc3-c3ccc4ccccc4c3)CCN21. The second-order valence-electron chi connectivity index (χ2n) is 14.1. The average Bonchev–Trinajstić information content (AvgIpc) is 3.22. The van der Waals surface area contributed by atoms with E-state index >= 15 is 0 Å². The number of thioether (sulfide) groups is 1. The molecule has 0 unspecified atom stereocenters. The molecule has 6 aromatic carbocycles. The minimum absolute atomic E-state index is 0.202. The number of amides is 1. The Bertz CT molecular complexity index is 2530. The standard InChI is InChI=1S/C44H41N5O5S2/c50-44(46-56(53,54)39-19-20-41(43(28-39)49(51)52)45-22-25-55-38-11-2-1-3-12-38)35-17-21-42-34(27-35)16-18-37-30-47(23-24-48(37)42)29-36-10-6-7-13-40(36)33-15-14-31-8-4-5-9-32(31)26-33/h1-15,17,19-21,26-28,37,45H,16,18,22-25,29-30H2,(H,46,50)/t37-/m1/s1. The number of hydrogen-bond donors (Lipinski definition) is 2. The maximum Gasteiger partial charge on any atom is 0.293 e. The van der Waals surface area contributed by atoms with Crippen LogP contribution in [-0.2, 0) is 23.0 Å². The molecule has 1 atom stereocenters. The van der Waals surface area contributed by atoms with Crippen molar-refractivity contribution in [3.8, 4) is 11.1 Å². The van der Waals surface area contributed by atoms with E-state index < -0.39 is 20.9 Å². The fourth-order valence-electron chi connectivity index (χ4n) is 7.78. The van der Waals surface area contributed by atoms with Crippen LogP contribution in [0.4, 0.5) is 17.1 Å². The Labute approximate surface area is 330 Å². The number of benzene rings is 6. The van der Waals surface area contributed by atoms with Crippen molar-refractivity contribution in [2.45, 2.75) is 35.2 Å². The van der Waals surface area contributed by atoms with Gasteiger partial charge in [-0.2, -0.15) is 0 Å². The van der Waals surface area contributed by atoms with Gasteiger partial charge in [-0.05, 0) is 94.4 Å². The lowest BCUT2D eigenvalue weighted by molar-refractivity contribution is -0.384. The first-order chi connectivity index (χ1) is 27.2. The molecular weight excluding hydrogens is 743 g/mol. The number of nitro benzene ring substituents is 1. The molecular formula is C44H41N5O5S2. The summed E-state index contributed by atoms with van der Waals surface area (Å²) in [6, 6.07) is 42.8. The Morgan fingerprint density at radius 3 is 2.46 bits per heavy atom. The quantitative estimate of drug-likeness (QED) is 0.0545. The summed E-state index contributed by atoms with van der Waals surface area (Å²) in [5.74, 6) is -0.135. The van der Waals surface area contributed by atoms with E-state index in [-0.39, 0.29) is 21.8 Å². The van der Waals surface area contributed by atoms with Gasteiger partial charge in [0.05, 0.1) is 9.82 Å². The normalized spacial score (nSPS) is 15.5. The molecule has 0 aliphatic carbocycles. The van der Waals surface area contributed by atoms with Crippen molar-refractivity contribution >= 4 is 55.5 Å². The van der Waals surface area contributed by atoms with Crippen molar-refractivity contribution in [2.24, 2.45) is 0 Å². The maximum absolute atomic E-state index is 13.3. The molecule has 0 aromatic heterocycles. The number of fused-ring (bicyclic) bond motifs is 4. The number of hydrogen-bond acceptors (Lipinski definition) is 9. The number of aryl methyl sites for hydroxylation is 1. The lowest BCUT2D eigenvalue weighted by Gasteiger charge is -2.46. The zero-order chi connectivity index (χ0) is 38.6. The van der Waals surface area contributed by atoms with Crippen LogP contribution in [0.3, 0.4) is 0 Å². The lowest BCUT2D eigenvalue weighted by Crippen LogP contribution is -2.54. The number of carbonyl (C=O) groups is 1. The second kappa shape index (κ2) is 16.2. The van der Waals surface area contributed by atoms with E-state index in [9.17, 15) is 23.3 Å². The van der Waals surface area contributed by atoms with Crippen LogP contribution >= 0.6 is 11.8 Å². The molecule has 1 amide bonds. The predicted octanol–water partition coefficient (Wildman–Crippen LogP) is 8.37. The number of rotatable bonds is 12. The van der Waals surface area contributed by atoms with Crippen molar-refractivity contribution in [3.05, 3.63) is 160 Å². The molecule has 0 radical (unpaired) electrons. The molecule has 0 bridgehead atoms. The van der Waals surface area contributed by atoms with E-state index in [1.165, 1.54) is 39.6 Å². The van der Waals surface area contributed by atoms with Gasteiger partial charge in [-0.25, -0.2) is 13.1 Å². The molecule has 10 nitrogen and oxygen atoms in total. The third-order valence-corrected chi connectivity index (χ3v) is 12.9. The third-order valence-electron chi connectivity index (χ3n) is 10.6. The molecule has 2 heterocycles.